The average Bonchev–Trinajstić information content (AvgIpc) is 1.65. The van der Waals surface area contributed by atoms with Gasteiger partial charge in [0, 0.05) is 6.42 Å². The molecule has 0 saturated carbocycles. The summed E-state index contributed by atoms with van der Waals surface area (Å²) < 4.78 is 0. The van der Waals surface area contributed by atoms with Crippen LogP contribution in [0.4, 0.5) is 0 Å². The van der Waals surface area contributed by atoms with Gasteiger partial charge in [-0.05, 0) is 6.92 Å². The summed E-state index contributed by atoms with van der Waals surface area (Å²) in [5.41, 5.74) is 5.18. The maximum absolute atomic E-state index is 10.4. The fourth-order valence-electron chi connectivity index (χ4n) is 0.318. The highest BCUT2D eigenvalue weighted by atomic mass is 16.1. The van der Waals surface area contributed by atoms with E-state index in [9.17, 15) is 4.79 Å². The van der Waals surface area contributed by atoms with Crippen molar-refractivity contribution in [3.63, 3.8) is 0 Å². The van der Waals surface area contributed by atoms with E-state index in [1.807, 2.05) is 0 Å². The van der Waals surface area contributed by atoms with Crippen LogP contribution in [0, 0.1) is 0 Å². The molecule has 0 aromatic rings. The molecule has 1 unspecified atom stereocenters. The van der Waals surface area contributed by atoms with Crippen LogP contribution >= 0.6 is 0 Å². The second-order valence-corrected chi connectivity index (χ2v) is 1.62. The van der Waals surface area contributed by atoms with Crippen molar-refractivity contribution in [2.45, 2.75) is 26.4 Å². The number of hydrogen-bond donors (Lipinski definition) is 1. The van der Waals surface area contributed by atoms with Crippen LogP contribution in [0.5, 0.6) is 0 Å². The molecule has 0 saturated heterocycles. The van der Waals surface area contributed by atoms with E-state index >= 15 is 0 Å². The minimum Gasteiger partial charge on any atom is -0.310 e. The summed E-state index contributed by atoms with van der Waals surface area (Å²) in [6.07, 6.45) is 0.101. The van der Waals surface area contributed by atoms with E-state index < -0.39 is 0 Å². The van der Waals surface area contributed by atoms with Crippen molar-refractivity contribution in [2.75, 3.05) is 0 Å². The van der Waals surface area contributed by atoms with Gasteiger partial charge in [-0.15, -0.1) is 0 Å². The molecule has 0 aromatic heterocycles. The fraction of sp³-hybridized carbons (Fsp3) is 0.800. The number of rotatable bonds is 2. The van der Waals surface area contributed by atoms with Crippen LogP contribution in [-0.2, 0) is 4.79 Å². The summed E-state index contributed by atoms with van der Waals surface area (Å²) in [5.74, 6) is -0.125. The van der Waals surface area contributed by atoms with Gasteiger partial charge in [-0.1, -0.05) is 6.92 Å². The molecule has 3 nitrogen and oxygen atoms in total. The van der Waals surface area contributed by atoms with Crippen LogP contribution in [0.15, 0.2) is 0 Å². The third kappa shape index (κ3) is 3.61. The first-order valence-corrected chi connectivity index (χ1v) is 2.66. The van der Waals surface area contributed by atoms with E-state index in [-0.39, 0.29) is 12.1 Å². The topological polar surface area (TPSA) is 57.2 Å². The first-order chi connectivity index (χ1) is 3.66. The molecule has 0 bridgehead atoms. The van der Waals surface area contributed by atoms with Gasteiger partial charge in [0.05, 0.1) is 6.17 Å². The van der Waals surface area contributed by atoms with Crippen molar-refractivity contribution in [3.05, 3.63) is 0 Å². The zero-order chi connectivity index (χ0) is 6.57. The Hall–Kier alpha value is -0.570. The Bertz CT molecular complexity index is 80.5. The number of amides is 1. The highest BCUT2D eigenvalue weighted by Gasteiger charge is 1.99. The quantitative estimate of drug-likeness (QED) is 0.543. The molecule has 1 amide bonds. The first-order valence-electron chi connectivity index (χ1n) is 2.66. The zero-order valence-electron chi connectivity index (χ0n) is 5.22. The van der Waals surface area contributed by atoms with Gasteiger partial charge in [0.25, 0.3) is 0 Å². The number of nitrogens with two attached hydrogens (primary N) is 1. The van der Waals surface area contributed by atoms with Gasteiger partial charge < -0.3 is 5.73 Å². The molecule has 0 aliphatic rings. The lowest BCUT2D eigenvalue weighted by molar-refractivity contribution is -0.121. The maximum atomic E-state index is 10.4. The summed E-state index contributed by atoms with van der Waals surface area (Å²) in [4.78, 5) is 10.4. The van der Waals surface area contributed by atoms with Crippen molar-refractivity contribution < 1.29 is 4.79 Å². The van der Waals surface area contributed by atoms with Crippen LogP contribution in [0.3, 0.4) is 0 Å². The smallest absolute Gasteiger partial charge is 0.242 e. The molecule has 0 spiro atoms. The molecule has 0 heterocycles. The molecule has 0 fully saturated rings. The van der Waals surface area contributed by atoms with Crippen molar-refractivity contribution in [1.82, 2.24) is 5.32 Å². The van der Waals surface area contributed by atoms with Crippen LogP contribution in [-0.4, -0.2) is 12.1 Å². The van der Waals surface area contributed by atoms with Crippen LogP contribution in [0.2, 0.25) is 0 Å². The number of carbonyl (C=O) groups is 1. The Morgan fingerprint density at radius 2 is 2.38 bits per heavy atom. The maximum Gasteiger partial charge on any atom is 0.242 e. The molecular formula is C5H11N2O. The molecule has 2 N–H and O–H groups in total. The SMILES string of the molecule is CCC(=O)[N]C(C)N. The summed E-state index contributed by atoms with van der Waals surface area (Å²) in [5, 5.41) is 3.53. The molecule has 8 heavy (non-hydrogen) atoms. The van der Waals surface area contributed by atoms with Gasteiger partial charge in [0.2, 0.25) is 5.91 Å². The van der Waals surface area contributed by atoms with E-state index in [1.54, 1.807) is 13.8 Å². The molecule has 0 aliphatic carbocycles. The highest BCUT2D eigenvalue weighted by Crippen LogP contribution is 1.77. The van der Waals surface area contributed by atoms with E-state index in [0.717, 1.165) is 0 Å². The Balaban J connectivity index is 3.25. The predicted molar refractivity (Wildman–Crippen MR) is 31.1 cm³/mol. The summed E-state index contributed by atoms with van der Waals surface area (Å²) in [7, 11) is 0. The third-order valence-corrected chi connectivity index (χ3v) is 0.650. The van der Waals surface area contributed by atoms with E-state index in [4.69, 9.17) is 5.73 Å². The molecule has 47 valence electrons. The minimum absolute atomic E-state index is 0.125. The van der Waals surface area contributed by atoms with Gasteiger partial charge >= 0.3 is 0 Å². The second-order valence-electron chi connectivity index (χ2n) is 1.62. The molecular weight excluding hydrogens is 104 g/mol. The lowest BCUT2D eigenvalue weighted by Crippen LogP contribution is -2.31. The number of hydrogen-bond acceptors (Lipinski definition) is 2. The summed E-state index contributed by atoms with van der Waals surface area (Å²) in [6, 6.07) is 0. The standard InChI is InChI=1S/C5H11N2O/c1-3-5(8)7-4(2)6/h4H,3,6H2,1-2H3. The summed E-state index contributed by atoms with van der Waals surface area (Å²) in [6.45, 7) is 3.43. The molecule has 3 heteroatoms. The van der Waals surface area contributed by atoms with Crippen molar-refractivity contribution in [3.8, 4) is 0 Å². The molecule has 0 rings (SSSR count). The van der Waals surface area contributed by atoms with E-state index in [0.29, 0.717) is 6.42 Å². The number of carbonyl (C=O) groups excluding carboxylic acids is 1. The Morgan fingerprint density at radius 3 is 2.50 bits per heavy atom. The van der Waals surface area contributed by atoms with Gasteiger partial charge in [-0.3, -0.25) is 4.79 Å². The molecule has 0 aromatic carbocycles. The minimum atomic E-state index is -0.345. The molecule has 0 aliphatic heterocycles. The van der Waals surface area contributed by atoms with Gasteiger partial charge in [0.15, 0.2) is 0 Å². The largest absolute Gasteiger partial charge is 0.310 e. The van der Waals surface area contributed by atoms with E-state index in [2.05, 4.69) is 5.32 Å². The average molecular weight is 115 g/mol. The van der Waals surface area contributed by atoms with Gasteiger partial charge in [0.1, 0.15) is 0 Å². The van der Waals surface area contributed by atoms with Crippen molar-refractivity contribution >= 4 is 5.91 Å². The Morgan fingerprint density at radius 1 is 1.88 bits per heavy atom. The van der Waals surface area contributed by atoms with Crippen LogP contribution < -0.4 is 11.1 Å². The summed E-state index contributed by atoms with van der Waals surface area (Å²) >= 11 is 0. The molecule has 1 atom stereocenters. The lowest BCUT2D eigenvalue weighted by Gasteiger charge is -2.00. The van der Waals surface area contributed by atoms with Crippen LogP contribution in [0.1, 0.15) is 20.3 Å². The Kier molecular flexibility index (Phi) is 3.19. The van der Waals surface area contributed by atoms with Crippen molar-refractivity contribution in [2.24, 2.45) is 5.73 Å². The van der Waals surface area contributed by atoms with Gasteiger partial charge in [-0.2, -0.15) is 0 Å². The third-order valence-electron chi connectivity index (χ3n) is 0.650. The second kappa shape index (κ2) is 3.43. The first kappa shape index (κ1) is 7.43. The van der Waals surface area contributed by atoms with Crippen molar-refractivity contribution in [1.29, 1.82) is 0 Å². The van der Waals surface area contributed by atoms with Crippen LogP contribution in [0.25, 0.3) is 0 Å². The monoisotopic (exact) mass is 115 g/mol. The number of nitrogens with zero attached hydrogens (tertiary/aromatic N) is 1. The predicted octanol–water partition coefficient (Wildman–Crippen LogP) is -0.168. The normalized spacial score (nSPS) is 12.9. The highest BCUT2D eigenvalue weighted by molar-refractivity contribution is 5.75. The van der Waals surface area contributed by atoms with E-state index in [1.165, 1.54) is 0 Å². The lowest BCUT2D eigenvalue weighted by atomic mass is 10.4. The molecule has 1 radical (unpaired) electrons. The fourth-order valence-corrected chi connectivity index (χ4v) is 0.318. The Labute approximate surface area is 49.3 Å². The zero-order valence-corrected chi connectivity index (χ0v) is 5.22. The van der Waals surface area contributed by atoms with Gasteiger partial charge in [-0.25, -0.2) is 5.32 Å².